The number of carbonyl (C=O) groups is 2. The van der Waals surface area contributed by atoms with Crippen LogP contribution in [0, 0.1) is 11.8 Å². The highest BCUT2D eigenvalue weighted by molar-refractivity contribution is 6.10. The van der Waals surface area contributed by atoms with Crippen LogP contribution in [0.1, 0.15) is 73.2 Å². The number of nitrogens with zero attached hydrogens (tertiary/aromatic N) is 3. The van der Waals surface area contributed by atoms with Crippen molar-refractivity contribution in [3.8, 4) is 5.88 Å². The lowest BCUT2D eigenvalue weighted by Gasteiger charge is -2.28. The highest BCUT2D eigenvalue weighted by atomic mass is 16.5. The molecular formula is C28H37N5O5. The number of aliphatic carboxylic acids is 1. The Balaban J connectivity index is 1.22. The Morgan fingerprint density at radius 3 is 2.58 bits per heavy atom. The maximum absolute atomic E-state index is 13.5. The number of carboxylic acids is 1. The van der Waals surface area contributed by atoms with Crippen LogP contribution < -0.4 is 20.7 Å². The van der Waals surface area contributed by atoms with Crippen LogP contribution in [-0.4, -0.2) is 59.9 Å². The van der Waals surface area contributed by atoms with Crippen LogP contribution in [0.15, 0.2) is 24.3 Å². The number of ether oxygens (including phenoxy) is 2. The molecule has 1 aliphatic carbocycles. The highest BCUT2D eigenvalue weighted by Gasteiger charge is 2.30. The second kappa shape index (κ2) is 12.0. The van der Waals surface area contributed by atoms with E-state index in [1.54, 1.807) is 4.90 Å². The molecule has 2 aliphatic heterocycles. The molecule has 3 aliphatic rings. The average Bonchev–Trinajstić information content (AvgIpc) is 3.08. The second-order valence-corrected chi connectivity index (χ2v) is 10.6. The Kier molecular flexibility index (Phi) is 8.26. The Morgan fingerprint density at radius 2 is 1.87 bits per heavy atom. The van der Waals surface area contributed by atoms with Crippen molar-refractivity contribution >= 4 is 29.3 Å². The minimum atomic E-state index is -0.714. The number of amides is 1. The van der Waals surface area contributed by atoms with Crippen molar-refractivity contribution in [2.45, 2.75) is 57.3 Å². The highest BCUT2D eigenvalue weighted by Crippen LogP contribution is 2.38. The van der Waals surface area contributed by atoms with Crippen LogP contribution in [0.4, 0.5) is 17.5 Å². The third-order valence-corrected chi connectivity index (χ3v) is 7.99. The molecule has 1 aromatic heterocycles. The minimum absolute atomic E-state index is 0.102. The summed E-state index contributed by atoms with van der Waals surface area (Å²) in [6.07, 6.45) is 7.31. The fraction of sp³-hybridized carbons (Fsp3) is 0.571. The summed E-state index contributed by atoms with van der Waals surface area (Å²) in [4.78, 5) is 35.0. The Bertz CT molecular complexity index is 1130. The number of rotatable bonds is 8. The molecule has 10 nitrogen and oxygen atoms in total. The first-order valence-electron chi connectivity index (χ1n) is 13.7. The number of benzene rings is 1. The lowest BCUT2D eigenvalue weighted by molar-refractivity contribution is -0.138. The Morgan fingerprint density at radius 1 is 1.08 bits per heavy atom. The average molecular weight is 524 g/mol. The number of nitrogens with two attached hydrogens (primary N) is 1. The van der Waals surface area contributed by atoms with E-state index >= 15 is 0 Å². The van der Waals surface area contributed by atoms with Gasteiger partial charge in [-0.05, 0) is 80.4 Å². The van der Waals surface area contributed by atoms with E-state index in [2.05, 4.69) is 27.4 Å². The van der Waals surface area contributed by atoms with Crippen LogP contribution in [0.2, 0.25) is 0 Å². The van der Waals surface area contributed by atoms with Crippen molar-refractivity contribution in [2.75, 3.05) is 48.9 Å². The van der Waals surface area contributed by atoms with Crippen molar-refractivity contribution < 1.29 is 24.2 Å². The first kappa shape index (κ1) is 26.2. The minimum Gasteiger partial charge on any atom is -0.481 e. The monoisotopic (exact) mass is 523 g/mol. The van der Waals surface area contributed by atoms with Crippen LogP contribution in [0.3, 0.4) is 0 Å². The molecule has 38 heavy (non-hydrogen) atoms. The third kappa shape index (κ3) is 6.18. The molecule has 4 N–H and O–H groups in total. The van der Waals surface area contributed by atoms with E-state index in [1.165, 1.54) is 5.56 Å². The number of anilines is 3. The summed E-state index contributed by atoms with van der Waals surface area (Å²) in [5.74, 6) is 0.900. The standard InChI is InChI=1S/C28H37N5O5/c29-25-24-26(32-28(31-25)30-12-11-19-2-1-14-37-17-19)38-15-13-33(27(24)36)22-9-7-21(8-10-22)20-5-3-18(4-6-20)16-23(34)35/h7-10,18-20H,1-6,11-17H2,(H,34,35)(H3,29,30,31,32)/t18-,19?,20-. The molecule has 1 saturated carbocycles. The van der Waals surface area contributed by atoms with Crippen LogP contribution in [-0.2, 0) is 9.53 Å². The molecule has 204 valence electrons. The maximum atomic E-state index is 13.5. The zero-order chi connectivity index (χ0) is 26.5. The van der Waals surface area contributed by atoms with Gasteiger partial charge in [0.05, 0.1) is 6.54 Å². The van der Waals surface area contributed by atoms with Crippen molar-refractivity contribution in [2.24, 2.45) is 11.8 Å². The smallest absolute Gasteiger partial charge is 0.303 e. The predicted molar refractivity (Wildman–Crippen MR) is 144 cm³/mol. The van der Waals surface area contributed by atoms with Crippen LogP contribution in [0.25, 0.3) is 0 Å². The van der Waals surface area contributed by atoms with Gasteiger partial charge in [0.2, 0.25) is 11.8 Å². The molecule has 1 unspecified atom stereocenters. The lowest BCUT2D eigenvalue weighted by Crippen LogP contribution is -2.32. The molecule has 10 heteroatoms. The molecule has 2 fully saturated rings. The van der Waals surface area contributed by atoms with Gasteiger partial charge in [-0.3, -0.25) is 9.59 Å². The van der Waals surface area contributed by atoms with E-state index in [0.717, 1.165) is 63.8 Å². The second-order valence-electron chi connectivity index (χ2n) is 10.6. The molecule has 5 rings (SSSR count). The van der Waals surface area contributed by atoms with Gasteiger partial charge in [0.1, 0.15) is 18.0 Å². The van der Waals surface area contributed by atoms with Gasteiger partial charge in [-0.15, -0.1) is 0 Å². The van der Waals surface area contributed by atoms with Gasteiger partial charge < -0.3 is 30.5 Å². The summed E-state index contributed by atoms with van der Waals surface area (Å²) in [5.41, 5.74) is 8.43. The topological polar surface area (TPSA) is 140 Å². The van der Waals surface area contributed by atoms with Gasteiger partial charge in [0.15, 0.2) is 0 Å². The van der Waals surface area contributed by atoms with Gasteiger partial charge in [-0.1, -0.05) is 12.1 Å². The summed E-state index contributed by atoms with van der Waals surface area (Å²) in [6, 6.07) is 8.07. The molecule has 1 amide bonds. The van der Waals surface area contributed by atoms with Crippen molar-refractivity contribution in [1.29, 1.82) is 0 Å². The van der Waals surface area contributed by atoms with Crippen molar-refractivity contribution in [1.82, 2.24) is 9.97 Å². The summed E-state index contributed by atoms with van der Waals surface area (Å²) in [5, 5.41) is 12.3. The van der Waals surface area contributed by atoms with E-state index in [9.17, 15) is 9.59 Å². The maximum Gasteiger partial charge on any atom is 0.303 e. The first-order valence-corrected chi connectivity index (χ1v) is 13.7. The summed E-state index contributed by atoms with van der Waals surface area (Å²) in [6.45, 7) is 3.00. The van der Waals surface area contributed by atoms with Crippen molar-refractivity contribution in [3.05, 3.63) is 35.4 Å². The molecule has 1 saturated heterocycles. The van der Waals surface area contributed by atoms with E-state index in [1.807, 2.05) is 12.1 Å². The summed E-state index contributed by atoms with van der Waals surface area (Å²) < 4.78 is 11.4. The normalized spacial score (nSPS) is 23.7. The fourth-order valence-electron chi connectivity index (χ4n) is 5.85. The first-order chi connectivity index (χ1) is 18.5. The number of nitrogens with one attached hydrogen (secondary N) is 1. The Labute approximate surface area is 222 Å². The molecule has 0 bridgehead atoms. The molecule has 0 radical (unpaired) electrons. The van der Waals surface area contributed by atoms with E-state index in [-0.39, 0.29) is 35.5 Å². The molecule has 3 heterocycles. The van der Waals surface area contributed by atoms with Crippen molar-refractivity contribution in [3.63, 3.8) is 0 Å². The SMILES string of the molecule is Nc1nc(NCCC2CCCOC2)nc2c1C(=O)N(c1ccc([C@H]3CC[C@H](CC(=O)O)CC3)cc1)CCO2. The van der Waals surface area contributed by atoms with E-state index in [4.69, 9.17) is 20.3 Å². The number of fused-ring (bicyclic) bond motifs is 1. The largest absolute Gasteiger partial charge is 0.481 e. The third-order valence-electron chi connectivity index (χ3n) is 7.99. The van der Waals surface area contributed by atoms with Gasteiger partial charge in [0, 0.05) is 31.9 Å². The zero-order valence-corrected chi connectivity index (χ0v) is 21.7. The van der Waals surface area contributed by atoms with Crippen LogP contribution in [0.5, 0.6) is 5.88 Å². The number of carbonyl (C=O) groups excluding carboxylic acids is 1. The molecule has 1 aromatic carbocycles. The van der Waals surface area contributed by atoms with E-state index in [0.29, 0.717) is 37.5 Å². The molecule has 1 atom stereocenters. The molecule has 2 aromatic rings. The number of nitrogen functional groups attached to an aromatic ring is 1. The quantitative estimate of drug-likeness (QED) is 0.467. The predicted octanol–water partition coefficient (Wildman–Crippen LogP) is 4.08. The molecule has 0 spiro atoms. The summed E-state index contributed by atoms with van der Waals surface area (Å²) in [7, 11) is 0. The Hall–Kier alpha value is -3.40. The van der Waals surface area contributed by atoms with E-state index < -0.39 is 5.97 Å². The van der Waals surface area contributed by atoms with Gasteiger partial charge in [0.25, 0.3) is 5.91 Å². The van der Waals surface area contributed by atoms with Gasteiger partial charge >= 0.3 is 5.97 Å². The lowest BCUT2D eigenvalue weighted by atomic mass is 9.77. The number of aromatic nitrogens is 2. The number of hydrogen-bond donors (Lipinski definition) is 3. The fourth-order valence-corrected chi connectivity index (χ4v) is 5.85. The van der Waals surface area contributed by atoms with Crippen LogP contribution >= 0.6 is 0 Å². The van der Waals surface area contributed by atoms with Gasteiger partial charge in [-0.25, -0.2) is 0 Å². The number of hydrogen-bond acceptors (Lipinski definition) is 8. The molecular weight excluding hydrogens is 486 g/mol. The zero-order valence-electron chi connectivity index (χ0n) is 21.7. The summed E-state index contributed by atoms with van der Waals surface area (Å²) >= 11 is 0. The van der Waals surface area contributed by atoms with Gasteiger partial charge in [-0.2, -0.15) is 9.97 Å². The number of carboxylic acid groups (broad SMARTS) is 1.